The molecule has 0 bridgehead atoms. The maximum atomic E-state index is 13.2. The smallest absolute Gasteiger partial charge is 0.266 e. The summed E-state index contributed by atoms with van der Waals surface area (Å²) in [4.78, 5) is 26.3. The van der Waals surface area contributed by atoms with Crippen LogP contribution in [0.25, 0.3) is 12.2 Å². The number of nitrogens with zero attached hydrogens (tertiary/aromatic N) is 2. The average Bonchev–Trinajstić information content (AvgIpc) is 3.11. The van der Waals surface area contributed by atoms with E-state index in [2.05, 4.69) is 10.6 Å². The maximum Gasteiger partial charge on any atom is 0.266 e. The summed E-state index contributed by atoms with van der Waals surface area (Å²) in [5.41, 5.74) is 1.74. The summed E-state index contributed by atoms with van der Waals surface area (Å²) in [7, 11) is 0. The topological polar surface area (TPSA) is 143 Å². The minimum Gasteiger partial charge on any atom is -0.493 e. The first-order valence-electron chi connectivity index (χ1n) is 15.3. The molecule has 0 spiro atoms. The van der Waals surface area contributed by atoms with Gasteiger partial charge in [-0.25, -0.2) is 0 Å². The molecule has 10 heteroatoms. The van der Waals surface area contributed by atoms with Crippen LogP contribution in [0.15, 0.2) is 108 Å². The number of hydrogen-bond donors (Lipinski definition) is 2. The van der Waals surface area contributed by atoms with Crippen molar-refractivity contribution >= 4 is 35.3 Å². The molecule has 48 heavy (non-hydrogen) atoms. The second-order valence-electron chi connectivity index (χ2n) is 10.4. The quantitative estimate of drug-likeness (QED) is 0.214. The number of fused-ring (bicyclic) bond motifs is 4. The minimum atomic E-state index is -0.590. The molecule has 0 unspecified atom stereocenters. The SMILES string of the molecule is N#C/C1=C/c2ccccc2OCCCOc2ccccc2/C=C(/C#N)C(=O)Nc2ccccc2OCCCOc2ccccc2NC1=O. The highest BCUT2D eigenvalue weighted by molar-refractivity contribution is 6.11. The Hall–Kier alpha value is -6.52. The molecule has 0 atom stereocenters. The molecule has 2 N–H and O–H groups in total. The van der Waals surface area contributed by atoms with Crippen LogP contribution >= 0.6 is 0 Å². The van der Waals surface area contributed by atoms with Crippen LogP contribution in [0.1, 0.15) is 24.0 Å². The number of carbonyl (C=O) groups excluding carboxylic acids is 2. The Morgan fingerprint density at radius 1 is 0.479 bits per heavy atom. The van der Waals surface area contributed by atoms with Crippen molar-refractivity contribution in [3.63, 3.8) is 0 Å². The van der Waals surface area contributed by atoms with Gasteiger partial charge >= 0.3 is 0 Å². The van der Waals surface area contributed by atoms with Gasteiger partial charge in [0.05, 0.1) is 37.8 Å². The zero-order chi connectivity index (χ0) is 33.6. The van der Waals surface area contributed by atoms with E-state index in [1.165, 1.54) is 12.2 Å². The van der Waals surface area contributed by atoms with Crippen molar-refractivity contribution in [1.82, 2.24) is 0 Å². The van der Waals surface area contributed by atoms with Crippen molar-refractivity contribution in [3.05, 3.63) is 119 Å². The van der Waals surface area contributed by atoms with Crippen molar-refractivity contribution < 1.29 is 28.5 Å². The zero-order valence-electron chi connectivity index (χ0n) is 26.0. The lowest BCUT2D eigenvalue weighted by Crippen LogP contribution is -2.15. The van der Waals surface area contributed by atoms with E-state index in [9.17, 15) is 20.1 Å². The predicted molar refractivity (Wildman–Crippen MR) is 181 cm³/mol. The van der Waals surface area contributed by atoms with Crippen molar-refractivity contribution in [2.24, 2.45) is 0 Å². The molecule has 10 nitrogen and oxygen atoms in total. The first-order valence-corrected chi connectivity index (χ1v) is 15.3. The van der Waals surface area contributed by atoms with Gasteiger partial charge in [0.25, 0.3) is 11.8 Å². The molecule has 5 rings (SSSR count). The highest BCUT2D eigenvalue weighted by Gasteiger charge is 2.16. The molecule has 4 aromatic rings. The maximum absolute atomic E-state index is 13.2. The molecule has 0 aliphatic carbocycles. The summed E-state index contributed by atoms with van der Waals surface area (Å²) >= 11 is 0. The number of ether oxygens (including phenoxy) is 4. The zero-order valence-corrected chi connectivity index (χ0v) is 26.0. The Labute approximate surface area is 278 Å². The lowest BCUT2D eigenvalue weighted by molar-refractivity contribution is -0.113. The number of nitrogens with one attached hydrogen (secondary N) is 2. The number of rotatable bonds is 0. The first-order chi connectivity index (χ1) is 23.6. The number of nitriles is 2. The average molecular weight is 641 g/mol. The van der Waals surface area contributed by atoms with Gasteiger partial charge in [0.15, 0.2) is 0 Å². The Morgan fingerprint density at radius 2 is 0.812 bits per heavy atom. The van der Waals surface area contributed by atoms with Crippen LogP contribution in [0.2, 0.25) is 0 Å². The van der Waals surface area contributed by atoms with Crippen molar-refractivity contribution in [2.45, 2.75) is 12.8 Å². The molecule has 2 amide bonds. The van der Waals surface area contributed by atoms with E-state index in [0.717, 1.165) is 0 Å². The van der Waals surface area contributed by atoms with Crippen LogP contribution in [0.3, 0.4) is 0 Å². The molecule has 240 valence electrons. The van der Waals surface area contributed by atoms with E-state index in [4.69, 9.17) is 18.9 Å². The molecule has 0 saturated heterocycles. The molecule has 0 saturated carbocycles. The van der Waals surface area contributed by atoms with Gasteiger partial charge in [-0.15, -0.1) is 0 Å². The third kappa shape index (κ3) is 8.81. The van der Waals surface area contributed by atoms with Gasteiger partial charge in [-0.3, -0.25) is 9.59 Å². The fourth-order valence-corrected chi connectivity index (χ4v) is 4.69. The summed E-state index contributed by atoms with van der Waals surface area (Å²) in [5.74, 6) is 0.682. The Balaban J connectivity index is 1.41. The standard InChI is InChI=1S/C38H32N4O6/c39-25-29-23-27-11-1-5-15-33(27)45-19-9-20-46-34-16-6-2-12-28(34)24-30(26-40)38(44)42-32-14-4-8-18-36(32)48-22-10-21-47-35-17-7-3-13-31(35)41-37(29)43/h1-8,11-18,23-24H,9-10,19-22H2,(H,41,43)(H,42,44)/b29-23-,30-24-. The number of amides is 2. The Bertz CT molecular complexity index is 1780. The van der Waals surface area contributed by atoms with Gasteiger partial charge in [-0.1, -0.05) is 60.7 Å². The Morgan fingerprint density at radius 3 is 1.21 bits per heavy atom. The van der Waals surface area contributed by atoms with Gasteiger partial charge < -0.3 is 29.6 Å². The van der Waals surface area contributed by atoms with E-state index >= 15 is 0 Å². The van der Waals surface area contributed by atoms with Crippen molar-refractivity contribution in [3.8, 4) is 35.1 Å². The molecule has 1 aliphatic heterocycles. The van der Waals surface area contributed by atoms with E-state index in [-0.39, 0.29) is 37.6 Å². The van der Waals surface area contributed by atoms with Crippen LogP contribution in [-0.4, -0.2) is 38.2 Å². The van der Waals surface area contributed by atoms with Crippen LogP contribution in [-0.2, 0) is 9.59 Å². The third-order valence-corrected chi connectivity index (χ3v) is 7.05. The summed E-state index contributed by atoms with van der Waals surface area (Å²) in [6.45, 7) is 1.09. The summed E-state index contributed by atoms with van der Waals surface area (Å²) in [6, 6.07) is 32.1. The fourth-order valence-electron chi connectivity index (χ4n) is 4.69. The summed E-state index contributed by atoms with van der Waals surface area (Å²) in [5, 5.41) is 25.3. The number of hydrogen-bond acceptors (Lipinski definition) is 8. The Kier molecular flexibility index (Phi) is 11.4. The normalized spacial score (nSPS) is 16.8. The monoisotopic (exact) mass is 640 g/mol. The number of para-hydroxylation sites is 6. The second-order valence-corrected chi connectivity index (χ2v) is 10.4. The molecule has 1 aliphatic rings. The molecule has 0 fully saturated rings. The van der Waals surface area contributed by atoms with Gasteiger partial charge in [-0.2, -0.15) is 10.5 Å². The summed E-state index contributed by atoms with van der Waals surface area (Å²) < 4.78 is 23.9. The van der Waals surface area contributed by atoms with Crippen LogP contribution in [0, 0.1) is 22.7 Å². The molecule has 1 heterocycles. The predicted octanol–water partition coefficient (Wildman–Crippen LogP) is 6.79. The number of anilines is 2. The molecular formula is C38H32N4O6. The minimum absolute atomic E-state index is 0.105. The van der Waals surface area contributed by atoms with E-state index in [0.29, 0.717) is 58.3 Å². The van der Waals surface area contributed by atoms with Crippen molar-refractivity contribution in [2.75, 3.05) is 37.1 Å². The first kappa shape index (κ1) is 32.9. The van der Waals surface area contributed by atoms with Gasteiger partial charge in [0, 0.05) is 24.0 Å². The van der Waals surface area contributed by atoms with Crippen LogP contribution in [0.4, 0.5) is 11.4 Å². The molecule has 0 radical (unpaired) electrons. The molecular weight excluding hydrogens is 608 g/mol. The number of benzene rings is 4. The highest BCUT2D eigenvalue weighted by atomic mass is 16.5. The highest BCUT2D eigenvalue weighted by Crippen LogP contribution is 2.28. The van der Waals surface area contributed by atoms with Gasteiger partial charge in [-0.05, 0) is 48.6 Å². The lowest BCUT2D eigenvalue weighted by atomic mass is 10.1. The molecule has 0 aromatic heterocycles. The number of carbonyl (C=O) groups is 2. The van der Waals surface area contributed by atoms with Crippen LogP contribution < -0.4 is 29.6 Å². The molecule has 4 aromatic carbocycles. The second kappa shape index (κ2) is 16.7. The van der Waals surface area contributed by atoms with Crippen molar-refractivity contribution in [1.29, 1.82) is 10.5 Å². The third-order valence-electron chi connectivity index (χ3n) is 7.05. The van der Waals surface area contributed by atoms with Crippen LogP contribution in [0.5, 0.6) is 23.0 Å². The van der Waals surface area contributed by atoms with Gasteiger partial charge in [0.2, 0.25) is 0 Å². The fraction of sp³-hybridized carbons (Fsp3) is 0.158. The summed E-state index contributed by atoms with van der Waals surface area (Å²) in [6.07, 6.45) is 3.94. The van der Waals surface area contributed by atoms with E-state index < -0.39 is 11.8 Å². The lowest BCUT2D eigenvalue weighted by Gasteiger charge is -2.15. The van der Waals surface area contributed by atoms with E-state index in [1.54, 1.807) is 97.1 Å². The van der Waals surface area contributed by atoms with E-state index in [1.807, 2.05) is 12.1 Å². The largest absolute Gasteiger partial charge is 0.493 e. The van der Waals surface area contributed by atoms with Gasteiger partial charge in [0.1, 0.15) is 46.3 Å².